The molecule has 1 aromatic rings. The molecule has 0 unspecified atom stereocenters. The number of benzene rings is 1. The number of amides is 2. The van der Waals surface area contributed by atoms with E-state index in [0.29, 0.717) is 24.5 Å². The Labute approximate surface area is 123 Å². The lowest BCUT2D eigenvalue weighted by molar-refractivity contribution is 0.0544. The predicted octanol–water partition coefficient (Wildman–Crippen LogP) is 2.34. The Balaban J connectivity index is 2.08. The summed E-state index contributed by atoms with van der Waals surface area (Å²) in [6, 6.07) is 4.78. The van der Waals surface area contributed by atoms with Crippen LogP contribution in [0.1, 0.15) is 28.8 Å². The van der Waals surface area contributed by atoms with Crippen molar-refractivity contribution < 1.29 is 19.4 Å². The molecule has 0 saturated carbocycles. The zero-order chi connectivity index (χ0) is 15.4. The topological polar surface area (TPSA) is 78.9 Å². The van der Waals surface area contributed by atoms with E-state index in [4.69, 9.17) is 9.84 Å². The molecule has 2 N–H and O–H groups in total. The first-order valence-electron chi connectivity index (χ1n) is 6.95. The highest BCUT2D eigenvalue weighted by molar-refractivity contribution is 5.95. The Bertz CT molecular complexity index is 538. The molecular formula is C15H20N2O4. The van der Waals surface area contributed by atoms with E-state index in [1.165, 1.54) is 6.07 Å². The van der Waals surface area contributed by atoms with Crippen molar-refractivity contribution in [1.82, 2.24) is 4.90 Å². The number of rotatable bonds is 3. The van der Waals surface area contributed by atoms with E-state index in [0.717, 1.165) is 12.8 Å². The molecule has 21 heavy (non-hydrogen) atoms. The standard InChI is InChI=1S/C15H20N2O4/c1-10-12(14(18)19)4-3-5-13(10)16-15(20)17(2)11-6-8-21-9-7-11/h3-5,11H,6-9H2,1-2H3,(H,16,20)(H,18,19). The minimum absolute atomic E-state index is 0.154. The largest absolute Gasteiger partial charge is 0.478 e. The number of aromatic carboxylic acids is 1. The number of hydrogen-bond donors (Lipinski definition) is 2. The molecule has 0 aromatic heterocycles. The van der Waals surface area contributed by atoms with E-state index in [2.05, 4.69) is 5.32 Å². The molecule has 0 bridgehead atoms. The molecule has 1 aromatic carbocycles. The SMILES string of the molecule is Cc1c(NC(=O)N(C)C2CCOCC2)cccc1C(=O)O. The lowest BCUT2D eigenvalue weighted by atomic mass is 10.1. The van der Waals surface area contributed by atoms with Crippen LogP contribution in [0, 0.1) is 6.92 Å². The van der Waals surface area contributed by atoms with Crippen LogP contribution in [-0.4, -0.2) is 48.3 Å². The normalized spacial score (nSPS) is 15.5. The predicted molar refractivity (Wildman–Crippen MR) is 78.8 cm³/mol. The molecule has 1 aliphatic rings. The minimum Gasteiger partial charge on any atom is -0.478 e. The van der Waals surface area contributed by atoms with Crippen LogP contribution in [0.4, 0.5) is 10.5 Å². The molecule has 6 heteroatoms. The summed E-state index contributed by atoms with van der Waals surface area (Å²) in [6.45, 7) is 3.01. The van der Waals surface area contributed by atoms with Gasteiger partial charge < -0.3 is 20.1 Å². The number of carboxylic acid groups (broad SMARTS) is 1. The van der Waals surface area contributed by atoms with Gasteiger partial charge in [-0.15, -0.1) is 0 Å². The van der Waals surface area contributed by atoms with E-state index in [1.807, 2.05) is 0 Å². The third-order valence-corrected chi connectivity index (χ3v) is 3.86. The van der Waals surface area contributed by atoms with Gasteiger partial charge in [-0.05, 0) is 37.5 Å². The number of urea groups is 1. The Morgan fingerprint density at radius 3 is 2.62 bits per heavy atom. The van der Waals surface area contributed by atoms with Crippen LogP contribution in [0.2, 0.25) is 0 Å². The zero-order valence-corrected chi connectivity index (χ0v) is 12.3. The fourth-order valence-corrected chi connectivity index (χ4v) is 2.44. The molecule has 1 fully saturated rings. The Hall–Kier alpha value is -2.08. The summed E-state index contributed by atoms with van der Waals surface area (Å²) >= 11 is 0. The first-order valence-corrected chi connectivity index (χ1v) is 6.95. The van der Waals surface area contributed by atoms with Gasteiger partial charge in [-0.1, -0.05) is 6.07 Å². The molecular weight excluding hydrogens is 272 g/mol. The Morgan fingerprint density at radius 1 is 1.33 bits per heavy atom. The van der Waals surface area contributed by atoms with Gasteiger partial charge >= 0.3 is 12.0 Å². The van der Waals surface area contributed by atoms with Gasteiger partial charge in [0.25, 0.3) is 0 Å². The van der Waals surface area contributed by atoms with Crippen molar-refractivity contribution in [3.8, 4) is 0 Å². The van der Waals surface area contributed by atoms with Crippen LogP contribution in [0.15, 0.2) is 18.2 Å². The van der Waals surface area contributed by atoms with Gasteiger partial charge in [0.2, 0.25) is 0 Å². The molecule has 1 saturated heterocycles. The molecule has 114 valence electrons. The fraction of sp³-hybridized carbons (Fsp3) is 0.467. The van der Waals surface area contributed by atoms with Crippen molar-refractivity contribution in [1.29, 1.82) is 0 Å². The molecule has 0 atom stereocenters. The second-order valence-corrected chi connectivity index (χ2v) is 5.17. The van der Waals surface area contributed by atoms with Gasteiger partial charge in [0.1, 0.15) is 0 Å². The molecule has 0 radical (unpaired) electrons. The monoisotopic (exact) mass is 292 g/mol. The van der Waals surface area contributed by atoms with Crippen molar-refractivity contribution in [2.45, 2.75) is 25.8 Å². The summed E-state index contributed by atoms with van der Waals surface area (Å²) in [6.07, 6.45) is 1.64. The van der Waals surface area contributed by atoms with Crippen LogP contribution in [0.3, 0.4) is 0 Å². The maximum absolute atomic E-state index is 12.3. The first-order chi connectivity index (χ1) is 10.0. The maximum atomic E-state index is 12.3. The number of carboxylic acids is 1. The third kappa shape index (κ3) is 3.52. The first kappa shape index (κ1) is 15.3. The number of hydrogen-bond acceptors (Lipinski definition) is 3. The Kier molecular flexibility index (Phi) is 4.80. The molecule has 0 aliphatic carbocycles. The highest BCUT2D eigenvalue weighted by Gasteiger charge is 2.23. The van der Waals surface area contributed by atoms with E-state index < -0.39 is 5.97 Å². The summed E-state index contributed by atoms with van der Waals surface area (Å²) in [4.78, 5) is 25.0. The number of nitrogens with zero attached hydrogens (tertiary/aromatic N) is 1. The average Bonchev–Trinajstić information content (AvgIpc) is 2.49. The average molecular weight is 292 g/mol. The van der Waals surface area contributed by atoms with Crippen molar-refractivity contribution >= 4 is 17.7 Å². The van der Waals surface area contributed by atoms with Gasteiger partial charge in [0.15, 0.2) is 0 Å². The smallest absolute Gasteiger partial charge is 0.336 e. The molecule has 2 amide bonds. The quantitative estimate of drug-likeness (QED) is 0.896. The highest BCUT2D eigenvalue weighted by atomic mass is 16.5. The van der Waals surface area contributed by atoms with Crippen LogP contribution in [0.5, 0.6) is 0 Å². The Morgan fingerprint density at radius 2 is 2.00 bits per heavy atom. The van der Waals surface area contributed by atoms with Crippen LogP contribution in [-0.2, 0) is 4.74 Å². The number of ether oxygens (including phenoxy) is 1. The molecule has 0 spiro atoms. The lowest BCUT2D eigenvalue weighted by Crippen LogP contribution is -2.42. The maximum Gasteiger partial charge on any atom is 0.336 e. The summed E-state index contributed by atoms with van der Waals surface area (Å²) < 4.78 is 5.29. The number of carbonyl (C=O) groups excluding carboxylic acids is 1. The summed E-state index contributed by atoms with van der Waals surface area (Å²) in [5.74, 6) is -0.999. The van der Waals surface area contributed by atoms with E-state index in [9.17, 15) is 9.59 Å². The number of carbonyl (C=O) groups is 2. The van der Waals surface area contributed by atoms with Gasteiger partial charge in [0.05, 0.1) is 5.56 Å². The zero-order valence-electron chi connectivity index (χ0n) is 12.3. The summed E-state index contributed by atoms with van der Waals surface area (Å²) in [5, 5.41) is 11.9. The van der Waals surface area contributed by atoms with Crippen LogP contribution in [0.25, 0.3) is 0 Å². The van der Waals surface area contributed by atoms with Gasteiger partial charge in [-0.25, -0.2) is 9.59 Å². The minimum atomic E-state index is -0.999. The van der Waals surface area contributed by atoms with E-state index >= 15 is 0 Å². The third-order valence-electron chi connectivity index (χ3n) is 3.86. The van der Waals surface area contributed by atoms with E-state index in [1.54, 1.807) is 31.0 Å². The van der Waals surface area contributed by atoms with Gasteiger partial charge in [-0.3, -0.25) is 0 Å². The highest BCUT2D eigenvalue weighted by Crippen LogP contribution is 2.20. The van der Waals surface area contributed by atoms with Crippen molar-refractivity contribution in [3.63, 3.8) is 0 Å². The van der Waals surface area contributed by atoms with E-state index in [-0.39, 0.29) is 17.6 Å². The summed E-state index contributed by atoms with van der Waals surface area (Å²) in [7, 11) is 1.75. The molecule has 2 rings (SSSR count). The number of anilines is 1. The van der Waals surface area contributed by atoms with Crippen molar-refractivity contribution in [2.24, 2.45) is 0 Å². The second kappa shape index (κ2) is 6.58. The molecule has 6 nitrogen and oxygen atoms in total. The summed E-state index contributed by atoms with van der Waals surface area (Å²) in [5.41, 5.74) is 1.28. The second-order valence-electron chi connectivity index (χ2n) is 5.17. The lowest BCUT2D eigenvalue weighted by Gasteiger charge is -2.31. The van der Waals surface area contributed by atoms with Crippen molar-refractivity contribution in [3.05, 3.63) is 29.3 Å². The van der Waals surface area contributed by atoms with Crippen molar-refractivity contribution in [2.75, 3.05) is 25.6 Å². The van der Waals surface area contributed by atoms with Gasteiger partial charge in [-0.2, -0.15) is 0 Å². The van der Waals surface area contributed by atoms with Crippen LogP contribution < -0.4 is 5.32 Å². The molecule has 1 aliphatic heterocycles. The fourth-order valence-electron chi connectivity index (χ4n) is 2.44. The molecule has 1 heterocycles. The van der Waals surface area contributed by atoms with Crippen LogP contribution >= 0.6 is 0 Å². The van der Waals surface area contributed by atoms with Gasteiger partial charge in [0, 0.05) is 32.0 Å². The number of nitrogens with one attached hydrogen (secondary N) is 1.